The highest BCUT2D eigenvalue weighted by Crippen LogP contribution is 2.39. The molecule has 0 fully saturated rings. The number of terminal acetylenes is 1. The number of thioether (sulfide) groups is 1. The summed E-state index contributed by atoms with van der Waals surface area (Å²) in [5, 5.41) is 2.03. The lowest BCUT2D eigenvalue weighted by Crippen LogP contribution is -1.93. The van der Waals surface area contributed by atoms with Gasteiger partial charge in [-0.2, -0.15) is 0 Å². The summed E-state index contributed by atoms with van der Waals surface area (Å²) in [5.74, 6) is 4.05. The van der Waals surface area contributed by atoms with Crippen LogP contribution in [0.5, 0.6) is 5.75 Å². The molecule has 0 spiro atoms. The van der Waals surface area contributed by atoms with Crippen LogP contribution in [-0.4, -0.2) is 12.9 Å². The van der Waals surface area contributed by atoms with E-state index in [9.17, 15) is 0 Å². The van der Waals surface area contributed by atoms with Gasteiger partial charge in [0.25, 0.3) is 0 Å². The molecule has 0 aromatic heterocycles. The van der Waals surface area contributed by atoms with E-state index in [1.54, 1.807) is 18.9 Å². The zero-order valence-corrected chi connectivity index (χ0v) is 10.4. The second kappa shape index (κ2) is 5.03. The monoisotopic (exact) mass is 243 g/mol. The Bertz CT molecular complexity index is 587. The first-order valence-corrected chi connectivity index (χ1v) is 6.18. The van der Waals surface area contributed by atoms with Crippen molar-refractivity contribution < 1.29 is 4.74 Å². The average molecular weight is 243 g/mol. The Balaban J connectivity index is 2.65. The van der Waals surface area contributed by atoms with Crippen LogP contribution in [0.2, 0.25) is 0 Å². The predicted octanol–water partition coefficient (Wildman–Crippen LogP) is 3.16. The Kier molecular flexibility index (Phi) is 3.46. The minimum Gasteiger partial charge on any atom is -0.495 e. The van der Waals surface area contributed by atoms with Crippen molar-refractivity contribution in [3.05, 3.63) is 30.3 Å². The molecular weight excluding hydrogens is 230 g/mol. The van der Waals surface area contributed by atoms with E-state index in [1.807, 2.05) is 30.3 Å². The molecule has 2 N–H and O–H groups in total. The molecular formula is C14H13NOS. The SMILES string of the molecule is C#CCSc1cc(N)c2ccccc2c1OC. The lowest BCUT2D eigenvalue weighted by Gasteiger charge is -2.12. The van der Waals surface area contributed by atoms with Crippen molar-refractivity contribution in [1.82, 2.24) is 0 Å². The zero-order valence-electron chi connectivity index (χ0n) is 9.57. The van der Waals surface area contributed by atoms with Crippen LogP contribution in [-0.2, 0) is 0 Å². The van der Waals surface area contributed by atoms with Crippen LogP contribution < -0.4 is 10.5 Å². The summed E-state index contributed by atoms with van der Waals surface area (Å²) in [6.07, 6.45) is 5.28. The molecule has 0 unspecified atom stereocenters. The molecule has 2 aromatic carbocycles. The molecule has 0 aliphatic rings. The number of nitrogen functional groups attached to an aromatic ring is 1. The maximum absolute atomic E-state index is 6.03. The Hall–Kier alpha value is -1.79. The maximum atomic E-state index is 6.03. The van der Waals surface area contributed by atoms with Gasteiger partial charge in [0.15, 0.2) is 0 Å². The molecule has 86 valence electrons. The van der Waals surface area contributed by atoms with Crippen molar-refractivity contribution in [3.63, 3.8) is 0 Å². The molecule has 2 aromatic rings. The lowest BCUT2D eigenvalue weighted by atomic mass is 10.1. The van der Waals surface area contributed by atoms with Gasteiger partial charge in [-0.3, -0.25) is 0 Å². The first-order valence-electron chi connectivity index (χ1n) is 5.19. The van der Waals surface area contributed by atoms with Crippen molar-refractivity contribution in [2.45, 2.75) is 4.90 Å². The van der Waals surface area contributed by atoms with Crippen molar-refractivity contribution >= 4 is 28.2 Å². The van der Waals surface area contributed by atoms with E-state index in [4.69, 9.17) is 16.9 Å². The fraction of sp³-hybridized carbons (Fsp3) is 0.143. The van der Waals surface area contributed by atoms with Gasteiger partial charge in [0.05, 0.1) is 17.8 Å². The van der Waals surface area contributed by atoms with Crippen molar-refractivity contribution in [3.8, 4) is 18.1 Å². The number of fused-ring (bicyclic) bond motifs is 1. The zero-order chi connectivity index (χ0) is 12.3. The van der Waals surface area contributed by atoms with Crippen LogP contribution in [0.25, 0.3) is 10.8 Å². The molecule has 2 nitrogen and oxygen atoms in total. The molecule has 0 atom stereocenters. The summed E-state index contributed by atoms with van der Waals surface area (Å²) < 4.78 is 5.47. The smallest absolute Gasteiger partial charge is 0.140 e. The third-order valence-electron chi connectivity index (χ3n) is 2.51. The van der Waals surface area contributed by atoms with Crippen LogP contribution in [0.15, 0.2) is 35.2 Å². The summed E-state index contributed by atoms with van der Waals surface area (Å²) >= 11 is 1.56. The normalized spacial score (nSPS) is 10.1. The van der Waals surface area contributed by atoms with Gasteiger partial charge >= 0.3 is 0 Å². The van der Waals surface area contributed by atoms with Crippen molar-refractivity contribution in [2.24, 2.45) is 0 Å². The molecule has 0 saturated heterocycles. The minimum absolute atomic E-state index is 0.605. The van der Waals surface area contributed by atoms with Crippen LogP contribution >= 0.6 is 11.8 Å². The largest absolute Gasteiger partial charge is 0.495 e. The topological polar surface area (TPSA) is 35.2 Å². The molecule has 2 rings (SSSR count). The highest BCUT2D eigenvalue weighted by molar-refractivity contribution is 7.99. The quantitative estimate of drug-likeness (QED) is 0.511. The maximum Gasteiger partial charge on any atom is 0.140 e. The minimum atomic E-state index is 0.605. The second-order valence-corrected chi connectivity index (χ2v) is 4.55. The number of ether oxygens (including phenoxy) is 1. The van der Waals surface area contributed by atoms with E-state index in [0.29, 0.717) is 5.75 Å². The number of hydrogen-bond acceptors (Lipinski definition) is 3. The van der Waals surface area contributed by atoms with Gasteiger partial charge in [0.2, 0.25) is 0 Å². The van der Waals surface area contributed by atoms with Gasteiger partial charge in [-0.15, -0.1) is 18.2 Å². The molecule has 0 heterocycles. The van der Waals surface area contributed by atoms with Crippen molar-refractivity contribution in [2.75, 3.05) is 18.6 Å². The molecule has 0 aliphatic carbocycles. The van der Waals surface area contributed by atoms with E-state index in [-0.39, 0.29) is 0 Å². The molecule has 0 bridgehead atoms. The number of anilines is 1. The van der Waals surface area contributed by atoms with Gasteiger partial charge in [-0.25, -0.2) is 0 Å². The van der Waals surface area contributed by atoms with E-state index in [0.717, 1.165) is 27.1 Å². The summed E-state index contributed by atoms with van der Waals surface area (Å²) in [6, 6.07) is 9.85. The van der Waals surface area contributed by atoms with Gasteiger partial charge in [-0.05, 0) is 6.07 Å². The van der Waals surface area contributed by atoms with E-state index in [2.05, 4.69) is 5.92 Å². The van der Waals surface area contributed by atoms with Crippen LogP contribution in [0, 0.1) is 12.3 Å². The van der Waals surface area contributed by atoms with Crippen molar-refractivity contribution in [1.29, 1.82) is 0 Å². The highest BCUT2D eigenvalue weighted by Gasteiger charge is 2.10. The first-order chi connectivity index (χ1) is 8.27. The highest BCUT2D eigenvalue weighted by atomic mass is 32.2. The predicted molar refractivity (Wildman–Crippen MR) is 74.5 cm³/mol. The third-order valence-corrected chi connectivity index (χ3v) is 3.43. The van der Waals surface area contributed by atoms with E-state index < -0.39 is 0 Å². The molecule has 0 amide bonds. The van der Waals surface area contributed by atoms with Gasteiger partial charge in [-0.1, -0.05) is 30.2 Å². The Morgan fingerprint density at radius 2 is 2.06 bits per heavy atom. The number of nitrogens with two attached hydrogens (primary N) is 1. The Morgan fingerprint density at radius 3 is 2.71 bits per heavy atom. The number of methoxy groups -OCH3 is 1. The van der Waals surface area contributed by atoms with E-state index in [1.165, 1.54) is 0 Å². The third kappa shape index (κ3) is 2.17. The fourth-order valence-corrected chi connectivity index (χ4v) is 2.56. The number of benzene rings is 2. The first kappa shape index (κ1) is 11.7. The molecule has 0 radical (unpaired) electrons. The van der Waals surface area contributed by atoms with Crippen LogP contribution in [0.4, 0.5) is 5.69 Å². The van der Waals surface area contributed by atoms with Gasteiger partial charge < -0.3 is 10.5 Å². The van der Waals surface area contributed by atoms with Crippen LogP contribution in [0.3, 0.4) is 0 Å². The van der Waals surface area contributed by atoms with E-state index >= 15 is 0 Å². The summed E-state index contributed by atoms with van der Waals surface area (Å²) in [6.45, 7) is 0. The van der Waals surface area contributed by atoms with Gasteiger partial charge in [0.1, 0.15) is 5.75 Å². The molecule has 3 heteroatoms. The summed E-state index contributed by atoms with van der Waals surface area (Å²) in [7, 11) is 1.66. The molecule has 0 aliphatic heterocycles. The Morgan fingerprint density at radius 1 is 1.35 bits per heavy atom. The summed E-state index contributed by atoms with van der Waals surface area (Å²) in [4.78, 5) is 0.988. The number of rotatable bonds is 3. The summed E-state index contributed by atoms with van der Waals surface area (Å²) in [5.41, 5.74) is 6.78. The average Bonchev–Trinajstić information content (AvgIpc) is 2.36. The van der Waals surface area contributed by atoms with Crippen LogP contribution in [0.1, 0.15) is 0 Å². The second-order valence-electron chi connectivity index (χ2n) is 3.54. The van der Waals surface area contributed by atoms with Gasteiger partial charge in [0, 0.05) is 16.5 Å². The Labute approximate surface area is 105 Å². The fourth-order valence-electron chi connectivity index (χ4n) is 1.79. The standard InChI is InChI=1S/C14H13NOS/c1-3-8-17-13-9-12(15)10-6-4-5-7-11(10)14(13)16-2/h1,4-7,9H,8,15H2,2H3. The lowest BCUT2D eigenvalue weighted by molar-refractivity contribution is 0.410. The molecule has 17 heavy (non-hydrogen) atoms. The number of hydrogen-bond donors (Lipinski definition) is 1. The molecule has 0 saturated carbocycles.